The summed E-state index contributed by atoms with van der Waals surface area (Å²) < 4.78 is 1.85. The maximum atomic E-state index is 12.2. The van der Waals surface area contributed by atoms with E-state index in [1.54, 1.807) is 0 Å². The normalized spacial score (nSPS) is 39.4. The summed E-state index contributed by atoms with van der Waals surface area (Å²) in [6.07, 6.45) is 5.70. The molecular weight excluding hydrogens is 278 g/mol. The Morgan fingerprint density at radius 1 is 1.32 bits per heavy atom. The van der Waals surface area contributed by atoms with Crippen molar-refractivity contribution in [1.29, 1.82) is 0 Å². The van der Waals surface area contributed by atoms with Crippen molar-refractivity contribution in [2.75, 3.05) is 0 Å². The average Bonchev–Trinajstić information content (AvgIpc) is 2.76. The van der Waals surface area contributed by atoms with Gasteiger partial charge in [-0.15, -0.1) is 0 Å². The van der Waals surface area contributed by atoms with Crippen molar-refractivity contribution in [3.8, 4) is 0 Å². The minimum Gasteiger partial charge on any atom is -0.480 e. The predicted octanol–water partition coefficient (Wildman–Crippen LogP) is 2.10. The molecule has 4 fully saturated rings. The van der Waals surface area contributed by atoms with Crippen LogP contribution in [-0.2, 0) is 18.4 Å². The molecule has 1 aromatic heterocycles. The summed E-state index contributed by atoms with van der Waals surface area (Å²) in [5.41, 5.74) is 1.32. The fourth-order valence-electron chi connectivity index (χ4n) is 5.60. The van der Waals surface area contributed by atoms with Crippen LogP contribution in [0.4, 0.5) is 0 Å². The van der Waals surface area contributed by atoms with Crippen molar-refractivity contribution in [2.45, 2.75) is 51.1 Å². The highest BCUT2D eigenvalue weighted by atomic mass is 16.4. The van der Waals surface area contributed by atoms with Gasteiger partial charge < -0.3 is 5.11 Å². The van der Waals surface area contributed by atoms with Crippen molar-refractivity contribution in [1.82, 2.24) is 15.1 Å². The summed E-state index contributed by atoms with van der Waals surface area (Å²) >= 11 is 0. The number of carboxylic acid groups (broad SMARTS) is 1. The smallest absolute Gasteiger partial charge is 0.324 e. The molecule has 2 N–H and O–H groups in total. The van der Waals surface area contributed by atoms with Gasteiger partial charge in [0.1, 0.15) is 5.54 Å². The maximum absolute atomic E-state index is 12.2. The van der Waals surface area contributed by atoms with Crippen LogP contribution in [0.25, 0.3) is 0 Å². The van der Waals surface area contributed by atoms with Crippen LogP contribution in [0.2, 0.25) is 0 Å². The fraction of sp³-hybridized carbons (Fsp3) is 0.765. The number of aromatic nitrogens is 2. The van der Waals surface area contributed by atoms with E-state index < -0.39 is 11.5 Å². The van der Waals surface area contributed by atoms with Gasteiger partial charge in [-0.3, -0.25) is 14.8 Å². The summed E-state index contributed by atoms with van der Waals surface area (Å²) in [7, 11) is 1.93. The molecule has 0 amide bonds. The largest absolute Gasteiger partial charge is 0.480 e. The second kappa shape index (κ2) is 4.82. The fourth-order valence-corrected chi connectivity index (χ4v) is 5.60. The first-order valence-electron chi connectivity index (χ1n) is 8.47. The quantitative estimate of drug-likeness (QED) is 0.894. The number of hydrogen-bond donors (Lipinski definition) is 2. The number of hydrogen-bond acceptors (Lipinski definition) is 3. The van der Waals surface area contributed by atoms with E-state index in [0.717, 1.165) is 48.9 Å². The molecule has 4 saturated carbocycles. The minimum atomic E-state index is -0.723. The Morgan fingerprint density at radius 2 is 1.91 bits per heavy atom. The molecule has 22 heavy (non-hydrogen) atoms. The second-order valence-electron chi connectivity index (χ2n) is 7.73. The number of nitrogens with zero attached hydrogens (tertiary/aromatic N) is 2. The lowest BCUT2D eigenvalue weighted by atomic mass is 9.48. The van der Waals surface area contributed by atoms with Crippen LogP contribution >= 0.6 is 0 Å². The van der Waals surface area contributed by atoms with Crippen molar-refractivity contribution in [3.05, 3.63) is 17.5 Å². The maximum Gasteiger partial charge on any atom is 0.324 e. The van der Waals surface area contributed by atoms with Crippen molar-refractivity contribution in [2.24, 2.45) is 30.7 Å². The molecule has 0 aliphatic heterocycles. The summed E-state index contributed by atoms with van der Waals surface area (Å²) in [5.74, 6) is 1.49. The van der Waals surface area contributed by atoms with Crippen molar-refractivity contribution in [3.63, 3.8) is 0 Å². The van der Waals surface area contributed by atoms with Crippen LogP contribution in [0.5, 0.6) is 0 Å². The summed E-state index contributed by atoms with van der Waals surface area (Å²) in [6, 6.07) is 2.04. The number of rotatable bonds is 4. The van der Waals surface area contributed by atoms with Crippen LogP contribution in [-0.4, -0.2) is 26.4 Å². The van der Waals surface area contributed by atoms with Gasteiger partial charge in [0, 0.05) is 19.3 Å². The Morgan fingerprint density at radius 3 is 2.36 bits per heavy atom. The van der Waals surface area contributed by atoms with E-state index in [4.69, 9.17) is 0 Å². The van der Waals surface area contributed by atoms with Gasteiger partial charge in [0.2, 0.25) is 0 Å². The van der Waals surface area contributed by atoms with Gasteiger partial charge in [-0.1, -0.05) is 0 Å². The number of aliphatic carboxylic acids is 1. The first-order chi connectivity index (χ1) is 10.5. The van der Waals surface area contributed by atoms with E-state index in [-0.39, 0.29) is 0 Å². The van der Waals surface area contributed by atoms with Gasteiger partial charge >= 0.3 is 5.97 Å². The van der Waals surface area contributed by atoms with Gasteiger partial charge in [0.15, 0.2) is 0 Å². The van der Waals surface area contributed by atoms with E-state index in [9.17, 15) is 9.90 Å². The number of aryl methyl sites for hydroxylation is 2. The molecule has 4 aliphatic rings. The number of carboxylic acids is 1. The third-order valence-corrected chi connectivity index (χ3v) is 6.51. The molecule has 5 heteroatoms. The lowest BCUT2D eigenvalue weighted by Gasteiger charge is -2.59. The van der Waals surface area contributed by atoms with Gasteiger partial charge in [-0.25, -0.2) is 0 Å². The Kier molecular flexibility index (Phi) is 3.12. The third-order valence-electron chi connectivity index (χ3n) is 6.51. The van der Waals surface area contributed by atoms with Crippen LogP contribution in [0.1, 0.15) is 43.5 Å². The third kappa shape index (κ3) is 1.94. The lowest BCUT2D eigenvalue weighted by Crippen LogP contribution is -2.68. The Hall–Kier alpha value is -1.36. The Labute approximate surface area is 131 Å². The molecule has 0 spiro atoms. The summed E-state index contributed by atoms with van der Waals surface area (Å²) in [5, 5.41) is 18.0. The van der Waals surface area contributed by atoms with Crippen LogP contribution in [0.3, 0.4) is 0 Å². The molecule has 5 nitrogen and oxygen atoms in total. The zero-order chi connectivity index (χ0) is 15.5. The number of nitrogens with one attached hydrogen (secondary N) is 1. The van der Waals surface area contributed by atoms with E-state index >= 15 is 0 Å². The predicted molar refractivity (Wildman–Crippen MR) is 82.2 cm³/mol. The van der Waals surface area contributed by atoms with Gasteiger partial charge in [-0.2, -0.15) is 5.10 Å². The molecule has 5 rings (SSSR count). The molecule has 0 unspecified atom stereocenters. The first-order valence-corrected chi connectivity index (χ1v) is 8.47. The minimum absolute atomic E-state index is 0.297. The van der Waals surface area contributed by atoms with E-state index in [1.165, 1.54) is 6.42 Å². The zero-order valence-corrected chi connectivity index (χ0v) is 13.4. The molecule has 0 radical (unpaired) electrons. The molecule has 0 atom stereocenters. The highest BCUT2D eigenvalue weighted by molar-refractivity contribution is 5.80. The SMILES string of the molecule is Cc1cc(CNC2(C(=O)O)C3CC4CC(C3)CC2C4)nn1C. The molecule has 1 aromatic rings. The second-order valence-corrected chi connectivity index (χ2v) is 7.73. The highest BCUT2D eigenvalue weighted by Crippen LogP contribution is 2.58. The molecule has 1 heterocycles. The van der Waals surface area contributed by atoms with Gasteiger partial charge in [0.25, 0.3) is 0 Å². The summed E-state index contributed by atoms with van der Waals surface area (Å²) in [6.45, 7) is 2.57. The van der Waals surface area contributed by atoms with Crippen molar-refractivity contribution >= 4 is 5.97 Å². The average molecular weight is 303 g/mol. The summed E-state index contributed by atoms with van der Waals surface area (Å²) in [4.78, 5) is 12.2. The van der Waals surface area contributed by atoms with Crippen LogP contribution in [0.15, 0.2) is 6.07 Å². The van der Waals surface area contributed by atoms with Crippen LogP contribution < -0.4 is 5.32 Å². The molecule has 0 saturated heterocycles. The Bertz CT molecular complexity index is 560. The lowest BCUT2D eigenvalue weighted by molar-refractivity contribution is -0.165. The molecule has 4 aliphatic carbocycles. The molecule has 0 aromatic carbocycles. The van der Waals surface area contributed by atoms with E-state index in [2.05, 4.69) is 10.4 Å². The highest BCUT2D eigenvalue weighted by Gasteiger charge is 2.61. The van der Waals surface area contributed by atoms with Crippen LogP contribution in [0, 0.1) is 30.6 Å². The van der Waals surface area contributed by atoms with Gasteiger partial charge in [-0.05, 0) is 68.8 Å². The zero-order valence-electron chi connectivity index (χ0n) is 13.4. The number of carbonyl (C=O) groups is 1. The van der Waals surface area contributed by atoms with E-state index in [0.29, 0.717) is 18.4 Å². The Balaban J connectivity index is 1.59. The molecular formula is C17H25N3O2. The van der Waals surface area contributed by atoms with Gasteiger partial charge in [0.05, 0.1) is 5.69 Å². The topological polar surface area (TPSA) is 67.2 Å². The first kappa shape index (κ1) is 14.2. The monoisotopic (exact) mass is 303 g/mol. The molecule has 120 valence electrons. The molecule has 4 bridgehead atoms. The van der Waals surface area contributed by atoms with Crippen molar-refractivity contribution < 1.29 is 9.90 Å². The van der Waals surface area contributed by atoms with E-state index in [1.807, 2.05) is 24.7 Å². The standard InChI is InChI=1S/C17H25N3O2/c1-10-3-15(19-20(10)2)9-18-17(16(21)22)13-5-11-4-12(7-13)8-14(17)6-11/h3,11-14,18H,4-9H2,1-2H3,(H,21,22).